The van der Waals surface area contributed by atoms with Gasteiger partial charge < -0.3 is 10.6 Å². The van der Waals surface area contributed by atoms with Crippen molar-refractivity contribution < 1.29 is 4.79 Å². The van der Waals surface area contributed by atoms with E-state index in [4.69, 9.17) is 0 Å². The first-order valence-corrected chi connectivity index (χ1v) is 6.98. The Hall–Kier alpha value is -1.10. The first-order valence-electron chi connectivity index (χ1n) is 6.98. The van der Waals surface area contributed by atoms with E-state index in [2.05, 4.69) is 15.5 Å². The minimum atomic E-state index is -0.0713. The average Bonchev–Trinajstić information content (AvgIpc) is 2.47. The lowest BCUT2D eigenvalue weighted by Crippen LogP contribution is -2.49. The molecule has 2 N–H and O–H groups in total. The number of likely N-dealkylation sites (tertiary alicyclic amines) is 1. The van der Waals surface area contributed by atoms with Crippen LogP contribution in [0.1, 0.15) is 19.8 Å². The number of para-hydroxylation sites is 1. The molecule has 0 radical (unpaired) electrons. The maximum absolute atomic E-state index is 12.2. The fourth-order valence-corrected chi connectivity index (χ4v) is 2.51. The Morgan fingerprint density at radius 1 is 1.25 bits per heavy atom. The molecule has 1 saturated heterocycles. The lowest BCUT2D eigenvalue weighted by atomic mass is 10.0. The molecular weight excluding hydrogens is 274 g/mol. The molecule has 0 saturated carbocycles. The number of halogens is 1. The first kappa shape index (κ1) is 17.0. The van der Waals surface area contributed by atoms with Crippen LogP contribution in [0.15, 0.2) is 30.3 Å². The molecule has 1 fully saturated rings. The van der Waals surface area contributed by atoms with E-state index in [1.54, 1.807) is 0 Å². The predicted molar refractivity (Wildman–Crippen MR) is 85.4 cm³/mol. The summed E-state index contributed by atoms with van der Waals surface area (Å²) in [5, 5.41) is 6.27. The molecular formula is C15H24ClN3O. The van der Waals surface area contributed by atoms with Gasteiger partial charge in [-0.2, -0.15) is 0 Å². The third-order valence-electron chi connectivity index (χ3n) is 3.91. The van der Waals surface area contributed by atoms with E-state index in [1.807, 2.05) is 44.3 Å². The summed E-state index contributed by atoms with van der Waals surface area (Å²) in [6.45, 7) is 3.95. The molecule has 1 amide bonds. The maximum Gasteiger partial charge on any atom is 0.241 e. The molecule has 0 aliphatic carbocycles. The molecule has 2 rings (SSSR count). The number of carbonyl (C=O) groups excluding carboxylic acids is 1. The fraction of sp³-hybridized carbons (Fsp3) is 0.533. The van der Waals surface area contributed by atoms with Crippen LogP contribution in [-0.2, 0) is 4.79 Å². The second-order valence-electron chi connectivity index (χ2n) is 5.13. The molecule has 5 heteroatoms. The topological polar surface area (TPSA) is 44.4 Å². The molecule has 112 valence electrons. The zero-order chi connectivity index (χ0) is 13.7. The van der Waals surface area contributed by atoms with Gasteiger partial charge in [-0.05, 0) is 38.9 Å². The molecule has 4 nitrogen and oxygen atoms in total. The maximum atomic E-state index is 12.2. The summed E-state index contributed by atoms with van der Waals surface area (Å²) in [5.74, 6) is 0.0779. The van der Waals surface area contributed by atoms with E-state index in [-0.39, 0.29) is 24.4 Å². The van der Waals surface area contributed by atoms with Gasteiger partial charge in [-0.15, -0.1) is 12.4 Å². The number of nitrogens with one attached hydrogen (secondary N) is 2. The van der Waals surface area contributed by atoms with Gasteiger partial charge in [0.15, 0.2) is 0 Å². The zero-order valence-corrected chi connectivity index (χ0v) is 13.0. The molecule has 20 heavy (non-hydrogen) atoms. The standard InChI is InChI=1S/C15H23N3O.ClH/c1-12(18-10-8-13(16-2)9-11-18)15(19)17-14-6-4-3-5-7-14;/h3-7,12-13,16H,8-11H2,1-2H3,(H,17,19);1H. The SMILES string of the molecule is CNC1CCN(C(C)C(=O)Nc2ccccc2)CC1.Cl. The summed E-state index contributed by atoms with van der Waals surface area (Å²) < 4.78 is 0. The smallest absolute Gasteiger partial charge is 0.241 e. The molecule has 1 aromatic carbocycles. The molecule has 1 atom stereocenters. The van der Waals surface area contributed by atoms with Gasteiger partial charge >= 0.3 is 0 Å². The van der Waals surface area contributed by atoms with Gasteiger partial charge in [0.2, 0.25) is 5.91 Å². The van der Waals surface area contributed by atoms with Gasteiger partial charge in [0.05, 0.1) is 6.04 Å². The summed E-state index contributed by atoms with van der Waals surface area (Å²) in [6, 6.07) is 10.2. The number of nitrogens with zero attached hydrogens (tertiary/aromatic N) is 1. The normalized spacial score (nSPS) is 18.1. The Morgan fingerprint density at radius 2 is 1.85 bits per heavy atom. The zero-order valence-electron chi connectivity index (χ0n) is 12.1. The molecule has 1 aromatic rings. The van der Waals surface area contributed by atoms with Crippen molar-refractivity contribution >= 4 is 24.0 Å². The molecule has 0 spiro atoms. The number of piperidine rings is 1. The van der Waals surface area contributed by atoms with Crippen molar-refractivity contribution in [2.24, 2.45) is 0 Å². The van der Waals surface area contributed by atoms with E-state index in [0.29, 0.717) is 6.04 Å². The summed E-state index contributed by atoms with van der Waals surface area (Å²) in [6.07, 6.45) is 2.22. The van der Waals surface area contributed by atoms with Gasteiger partial charge in [0, 0.05) is 24.8 Å². The highest BCUT2D eigenvalue weighted by atomic mass is 35.5. The Kier molecular flexibility index (Phi) is 6.99. The predicted octanol–water partition coefficient (Wildman–Crippen LogP) is 2.12. The van der Waals surface area contributed by atoms with Crippen molar-refractivity contribution in [2.45, 2.75) is 31.8 Å². The van der Waals surface area contributed by atoms with E-state index >= 15 is 0 Å². The van der Waals surface area contributed by atoms with Crippen LogP contribution in [0, 0.1) is 0 Å². The minimum absolute atomic E-state index is 0. The van der Waals surface area contributed by atoms with Crippen molar-refractivity contribution in [3.63, 3.8) is 0 Å². The highest BCUT2D eigenvalue weighted by Crippen LogP contribution is 2.14. The first-order chi connectivity index (χ1) is 9.20. The summed E-state index contributed by atoms with van der Waals surface area (Å²) in [5.41, 5.74) is 0.865. The Morgan fingerprint density at radius 3 is 2.40 bits per heavy atom. The van der Waals surface area contributed by atoms with Crippen LogP contribution >= 0.6 is 12.4 Å². The van der Waals surface area contributed by atoms with Gasteiger partial charge in [0.25, 0.3) is 0 Å². The van der Waals surface area contributed by atoms with Gasteiger partial charge in [-0.3, -0.25) is 9.69 Å². The van der Waals surface area contributed by atoms with E-state index in [9.17, 15) is 4.79 Å². The Balaban J connectivity index is 0.00000200. The molecule has 0 bridgehead atoms. The van der Waals surface area contributed by atoms with Crippen molar-refractivity contribution in [3.05, 3.63) is 30.3 Å². The number of amides is 1. The van der Waals surface area contributed by atoms with Crippen LogP contribution in [0.5, 0.6) is 0 Å². The third-order valence-corrected chi connectivity index (χ3v) is 3.91. The second kappa shape index (κ2) is 8.25. The fourth-order valence-electron chi connectivity index (χ4n) is 2.51. The van der Waals surface area contributed by atoms with Crippen molar-refractivity contribution in [1.29, 1.82) is 0 Å². The lowest BCUT2D eigenvalue weighted by molar-refractivity contribution is -0.121. The largest absolute Gasteiger partial charge is 0.325 e. The molecule has 1 unspecified atom stereocenters. The van der Waals surface area contributed by atoms with E-state index in [1.165, 1.54) is 0 Å². The summed E-state index contributed by atoms with van der Waals surface area (Å²) in [4.78, 5) is 14.5. The number of anilines is 1. The molecule has 0 aromatic heterocycles. The van der Waals surface area contributed by atoms with Gasteiger partial charge in [-0.1, -0.05) is 18.2 Å². The number of hydrogen-bond donors (Lipinski definition) is 2. The number of hydrogen-bond acceptors (Lipinski definition) is 3. The third kappa shape index (κ3) is 4.47. The summed E-state index contributed by atoms with van der Waals surface area (Å²) >= 11 is 0. The highest BCUT2D eigenvalue weighted by Gasteiger charge is 2.25. The van der Waals surface area contributed by atoms with Crippen LogP contribution < -0.4 is 10.6 Å². The average molecular weight is 298 g/mol. The lowest BCUT2D eigenvalue weighted by Gasteiger charge is -2.35. The number of carbonyl (C=O) groups is 1. The van der Waals surface area contributed by atoms with E-state index in [0.717, 1.165) is 31.6 Å². The molecule has 1 aliphatic rings. The molecule has 1 heterocycles. The quantitative estimate of drug-likeness (QED) is 0.895. The van der Waals surface area contributed by atoms with Crippen LogP contribution in [0.4, 0.5) is 5.69 Å². The number of rotatable bonds is 4. The van der Waals surface area contributed by atoms with Crippen LogP contribution in [0.3, 0.4) is 0 Å². The Labute approximate surface area is 127 Å². The van der Waals surface area contributed by atoms with Gasteiger partial charge in [-0.25, -0.2) is 0 Å². The van der Waals surface area contributed by atoms with E-state index < -0.39 is 0 Å². The molecule has 1 aliphatic heterocycles. The number of benzene rings is 1. The second-order valence-corrected chi connectivity index (χ2v) is 5.13. The van der Waals surface area contributed by atoms with Crippen molar-refractivity contribution in [3.8, 4) is 0 Å². The Bertz CT molecular complexity index is 405. The van der Waals surface area contributed by atoms with Crippen LogP contribution in [0.25, 0.3) is 0 Å². The van der Waals surface area contributed by atoms with Gasteiger partial charge in [0.1, 0.15) is 0 Å². The highest BCUT2D eigenvalue weighted by molar-refractivity contribution is 5.94. The summed E-state index contributed by atoms with van der Waals surface area (Å²) in [7, 11) is 2.01. The van der Waals surface area contributed by atoms with Crippen LogP contribution in [-0.4, -0.2) is 43.0 Å². The monoisotopic (exact) mass is 297 g/mol. The van der Waals surface area contributed by atoms with Crippen molar-refractivity contribution in [1.82, 2.24) is 10.2 Å². The van der Waals surface area contributed by atoms with Crippen LogP contribution in [0.2, 0.25) is 0 Å². The van der Waals surface area contributed by atoms with Crippen molar-refractivity contribution in [2.75, 3.05) is 25.5 Å². The minimum Gasteiger partial charge on any atom is -0.325 e.